The molecular weight excluding hydrogens is 220 g/mol. The van der Waals surface area contributed by atoms with Crippen LogP contribution in [0.3, 0.4) is 0 Å². The minimum atomic E-state index is -0.472. The number of amides is 1. The van der Waals surface area contributed by atoms with Crippen LogP contribution < -0.4 is 5.73 Å². The molecule has 5 nitrogen and oxygen atoms in total. The van der Waals surface area contributed by atoms with E-state index in [1.807, 2.05) is 20.8 Å². The summed E-state index contributed by atoms with van der Waals surface area (Å²) < 4.78 is 10.9. The van der Waals surface area contributed by atoms with Crippen LogP contribution in [-0.4, -0.2) is 48.9 Å². The van der Waals surface area contributed by atoms with Crippen molar-refractivity contribution in [3.05, 3.63) is 0 Å². The van der Waals surface area contributed by atoms with Crippen LogP contribution in [0.5, 0.6) is 0 Å². The highest BCUT2D eigenvalue weighted by Crippen LogP contribution is 2.15. The van der Waals surface area contributed by atoms with Crippen molar-refractivity contribution in [3.63, 3.8) is 0 Å². The predicted octanol–water partition coefficient (Wildman–Crippen LogP) is 1.36. The van der Waals surface area contributed by atoms with E-state index < -0.39 is 5.60 Å². The Hall–Kier alpha value is -0.810. The molecule has 1 rings (SSSR count). The molecule has 0 spiro atoms. The molecule has 1 amide bonds. The van der Waals surface area contributed by atoms with E-state index in [-0.39, 0.29) is 12.2 Å². The van der Waals surface area contributed by atoms with Crippen molar-refractivity contribution in [3.8, 4) is 0 Å². The maximum absolute atomic E-state index is 11.9. The molecule has 0 aromatic rings. The third-order valence-electron chi connectivity index (χ3n) is 2.50. The molecule has 0 aliphatic carbocycles. The summed E-state index contributed by atoms with van der Waals surface area (Å²) in [5.74, 6) is 0. The third-order valence-corrected chi connectivity index (χ3v) is 2.50. The van der Waals surface area contributed by atoms with Gasteiger partial charge in [-0.15, -0.1) is 0 Å². The van der Waals surface area contributed by atoms with Gasteiger partial charge in [-0.3, -0.25) is 0 Å². The number of nitrogens with two attached hydrogens (primary N) is 1. The van der Waals surface area contributed by atoms with E-state index >= 15 is 0 Å². The highest BCUT2D eigenvalue weighted by atomic mass is 16.6. The molecule has 1 atom stereocenters. The topological polar surface area (TPSA) is 64.8 Å². The lowest BCUT2D eigenvalue weighted by Gasteiger charge is -2.28. The Morgan fingerprint density at radius 2 is 2.24 bits per heavy atom. The van der Waals surface area contributed by atoms with Gasteiger partial charge in [-0.25, -0.2) is 4.79 Å². The molecular formula is C12H24N2O3. The summed E-state index contributed by atoms with van der Waals surface area (Å²) in [7, 11) is 0. The minimum absolute atomic E-state index is 0.133. The van der Waals surface area contributed by atoms with E-state index in [0.717, 1.165) is 19.4 Å². The maximum atomic E-state index is 11.9. The quantitative estimate of drug-likeness (QED) is 0.811. The zero-order valence-electron chi connectivity index (χ0n) is 11.1. The van der Waals surface area contributed by atoms with E-state index in [1.165, 1.54) is 0 Å². The average molecular weight is 244 g/mol. The van der Waals surface area contributed by atoms with E-state index in [1.54, 1.807) is 4.90 Å². The molecule has 1 aliphatic heterocycles. The molecule has 0 bridgehead atoms. The first-order chi connectivity index (χ1) is 7.92. The predicted molar refractivity (Wildman–Crippen MR) is 65.8 cm³/mol. The second-order valence-electron chi connectivity index (χ2n) is 5.35. The molecule has 1 unspecified atom stereocenters. The summed E-state index contributed by atoms with van der Waals surface area (Å²) in [5, 5.41) is 0. The molecule has 1 saturated heterocycles. The van der Waals surface area contributed by atoms with E-state index in [4.69, 9.17) is 15.2 Å². The van der Waals surface area contributed by atoms with Gasteiger partial charge in [-0.05, 0) is 33.6 Å². The molecule has 0 aromatic heterocycles. The lowest BCUT2D eigenvalue weighted by molar-refractivity contribution is 0.0114. The molecule has 17 heavy (non-hydrogen) atoms. The summed E-state index contributed by atoms with van der Waals surface area (Å²) in [6.07, 6.45) is 1.90. The van der Waals surface area contributed by atoms with Crippen LogP contribution in [0.4, 0.5) is 4.79 Å². The van der Waals surface area contributed by atoms with Crippen LogP contribution in [0.15, 0.2) is 0 Å². The van der Waals surface area contributed by atoms with Gasteiger partial charge >= 0.3 is 6.09 Å². The van der Waals surface area contributed by atoms with Crippen molar-refractivity contribution in [2.45, 2.75) is 45.3 Å². The molecule has 5 heteroatoms. The smallest absolute Gasteiger partial charge is 0.410 e. The molecule has 100 valence electrons. The Bertz CT molecular complexity index is 245. The van der Waals surface area contributed by atoms with Crippen molar-refractivity contribution in [1.82, 2.24) is 4.90 Å². The summed E-state index contributed by atoms with van der Waals surface area (Å²) in [6, 6.07) is 0. The second kappa shape index (κ2) is 6.21. The van der Waals surface area contributed by atoms with Gasteiger partial charge in [-0.2, -0.15) is 0 Å². The first kappa shape index (κ1) is 14.3. The Morgan fingerprint density at radius 1 is 1.53 bits per heavy atom. The number of nitrogens with zero attached hydrogens (tertiary/aromatic N) is 1. The van der Waals surface area contributed by atoms with Gasteiger partial charge in [0, 0.05) is 19.7 Å². The normalized spacial score (nSPS) is 20.4. The summed E-state index contributed by atoms with van der Waals surface area (Å²) in [5.41, 5.74) is 5.04. The van der Waals surface area contributed by atoms with Crippen molar-refractivity contribution in [2.75, 3.05) is 26.2 Å². The third kappa shape index (κ3) is 5.37. The van der Waals surface area contributed by atoms with Crippen LogP contribution in [0.1, 0.15) is 33.6 Å². The van der Waals surface area contributed by atoms with Crippen molar-refractivity contribution >= 4 is 6.09 Å². The number of hydrogen-bond acceptors (Lipinski definition) is 4. The Kier molecular flexibility index (Phi) is 5.21. The molecule has 1 fully saturated rings. The van der Waals surface area contributed by atoms with Gasteiger partial charge in [0.2, 0.25) is 0 Å². The lowest BCUT2D eigenvalue weighted by atomic mass is 10.2. The van der Waals surface area contributed by atoms with Gasteiger partial charge in [0.15, 0.2) is 0 Å². The SMILES string of the molecule is CC(C)(C)OC(=O)N(CCN)CC1CCCO1. The fourth-order valence-corrected chi connectivity index (χ4v) is 1.77. The molecule has 1 aliphatic rings. The standard InChI is InChI=1S/C12H24N2O3/c1-12(2,3)17-11(15)14(7-6-13)9-10-5-4-8-16-10/h10H,4-9,13H2,1-3H3. The zero-order chi connectivity index (χ0) is 12.9. The fourth-order valence-electron chi connectivity index (χ4n) is 1.77. The van der Waals surface area contributed by atoms with Gasteiger partial charge < -0.3 is 20.1 Å². The van der Waals surface area contributed by atoms with Gasteiger partial charge in [-0.1, -0.05) is 0 Å². The van der Waals surface area contributed by atoms with Crippen LogP contribution in [-0.2, 0) is 9.47 Å². The number of carbonyl (C=O) groups excluding carboxylic acids is 1. The van der Waals surface area contributed by atoms with Crippen molar-refractivity contribution in [2.24, 2.45) is 5.73 Å². The molecule has 2 N–H and O–H groups in total. The van der Waals surface area contributed by atoms with Crippen molar-refractivity contribution in [1.29, 1.82) is 0 Å². The molecule has 0 aromatic carbocycles. The first-order valence-corrected chi connectivity index (χ1v) is 6.22. The van der Waals surface area contributed by atoms with Gasteiger partial charge in [0.05, 0.1) is 12.6 Å². The molecule has 0 radical (unpaired) electrons. The lowest BCUT2D eigenvalue weighted by Crippen LogP contribution is -2.43. The molecule has 1 heterocycles. The summed E-state index contributed by atoms with van der Waals surface area (Å²) in [6.45, 7) is 7.88. The van der Waals surface area contributed by atoms with Crippen LogP contribution in [0.2, 0.25) is 0 Å². The highest BCUT2D eigenvalue weighted by molar-refractivity contribution is 5.68. The van der Waals surface area contributed by atoms with Crippen LogP contribution in [0.25, 0.3) is 0 Å². The van der Waals surface area contributed by atoms with Crippen LogP contribution >= 0.6 is 0 Å². The fraction of sp³-hybridized carbons (Fsp3) is 0.917. The number of ether oxygens (including phenoxy) is 2. The summed E-state index contributed by atoms with van der Waals surface area (Å²) in [4.78, 5) is 13.6. The van der Waals surface area contributed by atoms with Crippen LogP contribution in [0, 0.1) is 0 Å². The number of carbonyl (C=O) groups is 1. The van der Waals surface area contributed by atoms with Gasteiger partial charge in [0.1, 0.15) is 5.60 Å². The van der Waals surface area contributed by atoms with Crippen molar-refractivity contribution < 1.29 is 14.3 Å². The zero-order valence-corrected chi connectivity index (χ0v) is 11.1. The monoisotopic (exact) mass is 244 g/mol. The van der Waals surface area contributed by atoms with Gasteiger partial charge in [0.25, 0.3) is 0 Å². The average Bonchev–Trinajstić information content (AvgIpc) is 2.67. The number of rotatable bonds is 4. The Balaban J connectivity index is 2.48. The van der Waals surface area contributed by atoms with E-state index in [2.05, 4.69) is 0 Å². The minimum Gasteiger partial charge on any atom is -0.444 e. The second-order valence-corrected chi connectivity index (χ2v) is 5.35. The Morgan fingerprint density at radius 3 is 2.71 bits per heavy atom. The molecule has 0 saturated carbocycles. The maximum Gasteiger partial charge on any atom is 0.410 e. The van der Waals surface area contributed by atoms with E-state index in [9.17, 15) is 4.79 Å². The van der Waals surface area contributed by atoms with E-state index in [0.29, 0.717) is 19.6 Å². The largest absolute Gasteiger partial charge is 0.444 e. The number of hydrogen-bond donors (Lipinski definition) is 1. The Labute approximate surface area is 103 Å². The first-order valence-electron chi connectivity index (χ1n) is 6.22. The summed E-state index contributed by atoms with van der Waals surface area (Å²) >= 11 is 0. The highest BCUT2D eigenvalue weighted by Gasteiger charge is 2.25.